The van der Waals surface area contributed by atoms with Crippen molar-refractivity contribution in [3.05, 3.63) is 0 Å². The van der Waals surface area contributed by atoms with Gasteiger partial charge in [0.1, 0.15) is 8.51 Å². The van der Waals surface area contributed by atoms with Crippen molar-refractivity contribution in [2.24, 2.45) is 0 Å². The van der Waals surface area contributed by atoms with Gasteiger partial charge < -0.3 is 0 Å². The molecule has 0 aliphatic carbocycles. The molecule has 0 amide bonds. The minimum Gasteiger partial charge on any atom is -0.300 e. The molecule has 2 unspecified atom stereocenters. The van der Waals surface area contributed by atoms with E-state index in [0.717, 1.165) is 8.51 Å². The van der Waals surface area contributed by atoms with Gasteiger partial charge in [0.2, 0.25) is 0 Å². The Bertz CT molecular complexity index is 193. The summed E-state index contributed by atoms with van der Waals surface area (Å²) in [5.41, 5.74) is 0. The van der Waals surface area contributed by atoms with Crippen molar-refractivity contribution in [1.29, 1.82) is 0 Å². The molecule has 10 heavy (non-hydrogen) atoms. The lowest BCUT2D eigenvalue weighted by atomic mass is 10.5. The van der Waals surface area contributed by atoms with E-state index in [2.05, 4.69) is 9.02 Å². The maximum Gasteiger partial charge on any atom is 0.138 e. The molecule has 1 rings (SSSR count). The molecule has 0 aliphatic rings. The predicted octanol–water partition coefficient (Wildman–Crippen LogP) is 1.82. The second-order valence-corrected chi connectivity index (χ2v) is 5.55. The third-order valence-electron chi connectivity index (χ3n) is 0.703. The average Bonchev–Trinajstić information content (AvgIpc) is 1.88. The largest absolute Gasteiger partial charge is 0.300 e. The minimum absolute atomic E-state index is 0.256. The summed E-state index contributed by atoms with van der Waals surface area (Å²) < 4.78 is 9.05. The van der Waals surface area contributed by atoms with E-state index in [0.29, 0.717) is 17.0 Å². The van der Waals surface area contributed by atoms with Crippen molar-refractivity contribution in [1.82, 2.24) is 13.3 Å². The summed E-state index contributed by atoms with van der Waals surface area (Å²) in [6.45, 7) is 4.03. The monoisotopic (exact) mass is 197 g/mol. The number of hydrogen-bond donors (Lipinski definition) is 1. The van der Waals surface area contributed by atoms with E-state index in [1.54, 1.807) is 0 Å². The fourth-order valence-corrected chi connectivity index (χ4v) is 3.71. The van der Waals surface area contributed by atoms with Crippen molar-refractivity contribution in [2.45, 2.75) is 20.0 Å². The first-order valence-electron chi connectivity index (χ1n) is 2.92. The molecule has 2 atom stereocenters. The number of nitrogens with one attached hydrogen (secondary N) is 1. The zero-order chi connectivity index (χ0) is 7.40. The minimum atomic E-state index is 0.256. The molecular weight excluding hydrogens is 187 g/mol. The van der Waals surface area contributed by atoms with Gasteiger partial charge in [-0.1, -0.05) is 0 Å². The van der Waals surface area contributed by atoms with Gasteiger partial charge >= 0.3 is 0 Å². The zero-order valence-electron chi connectivity index (χ0n) is 5.83. The molecule has 0 saturated heterocycles. The van der Waals surface area contributed by atoms with Crippen molar-refractivity contribution < 1.29 is 4.84 Å². The Labute approximate surface area is 64.3 Å². The van der Waals surface area contributed by atoms with E-state index in [9.17, 15) is 0 Å². The van der Waals surface area contributed by atoms with Gasteiger partial charge in [-0.15, -0.1) is 0 Å². The lowest BCUT2D eigenvalue weighted by Crippen LogP contribution is -2.14. The third-order valence-corrected chi connectivity index (χ3v) is 3.49. The number of aromatic nitrogens is 3. The predicted molar refractivity (Wildman–Crippen MR) is 47.4 cm³/mol. The van der Waals surface area contributed by atoms with Crippen LogP contribution in [-0.4, -0.2) is 19.4 Å². The molecule has 1 aromatic rings. The van der Waals surface area contributed by atoms with Crippen LogP contribution in [-0.2, 0) is 0 Å². The molecule has 0 aromatic carbocycles. The summed E-state index contributed by atoms with van der Waals surface area (Å²) in [6, 6.07) is 0. The first-order valence-corrected chi connectivity index (χ1v) is 5.61. The quantitative estimate of drug-likeness (QED) is 0.785. The Kier molecular flexibility index (Phi) is 3.51. The fourth-order valence-electron chi connectivity index (χ4n) is 0.441. The number of hydrogen-bond acceptors (Lipinski definition) is 2. The lowest BCUT2D eigenvalue weighted by Gasteiger charge is -2.07. The molecule has 7 heteroatoms. The van der Waals surface area contributed by atoms with Crippen LogP contribution in [0.1, 0.15) is 13.8 Å². The highest BCUT2D eigenvalue weighted by Crippen LogP contribution is 2.10. The Morgan fingerprint density at radius 1 is 1.70 bits per heavy atom. The van der Waals surface area contributed by atoms with Gasteiger partial charge in [-0.25, -0.2) is 0 Å². The summed E-state index contributed by atoms with van der Waals surface area (Å²) in [4.78, 5) is 5.39. The second-order valence-electron chi connectivity index (χ2n) is 1.97. The highest BCUT2D eigenvalue weighted by Gasteiger charge is 1.91. The van der Waals surface area contributed by atoms with Crippen molar-refractivity contribution in [3.63, 3.8) is 0 Å². The number of nitrogens with zero attached hydrogens (tertiary/aromatic N) is 2. The Morgan fingerprint density at radius 2 is 2.50 bits per heavy atom. The van der Waals surface area contributed by atoms with E-state index < -0.39 is 0 Å². The summed E-state index contributed by atoms with van der Waals surface area (Å²) in [5.74, 6) is 0. The van der Waals surface area contributed by atoms with Crippen molar-refractivity contribution >= 4 is 25.5 Å². The normalized spacial score (nSPS) is 12.7. The van der Waals surface area contributed by atoms with E-state index in [-0.39, 0.29) is 6.10 Å². The van der Waals surface area contributed by atoms with Gasteiger partial charge in [0.15, 0.2) is 0 Å². The van der Waals surface area contributed by atoms with Crippen LogP contribution >= 0.6 is 25.5 Å². The van der Waals surface area contributed by atoms with E-state index in [1.165, 1.54) is 0 Å². The van der Waals surface area contributed by atoms with Crippen LogP contribution in [0.5, 0.6) is 0 Å². The molecule has 0 saturated carbocycles. The van der Waals surface area contributed by atoms with Gasteiger partial charge in [-0.2, -0.15) is 8.76 Å². The zero-order valence-corrected chi connectivity index (χ0v) is 8.72. The number of rotatable bonds is 2. The van der Waals surface area contributed by atoms with Gasteiger partial charge in [0.05, 0.1) is 14.6 Å². The standard InChI is InChI=1S/C3H10N3OP3/c1-3(2)7-6-9-4-8-5-10-6/h3,9-10H,1-2H3,(H,4,5). The Morgan fingerprint density at radius 3 is 3.00 bits per heavy atom. The topological polar surface area (TPSA) is 42.8 Å². The first-order chi connectivity index (χ1) is 4.79. The van der Waals surface area contributed by atoms with Gasteiger partial charge in [-0.3, -0.25) is 9.35 Å². The second kappa shape index (κ2) is 4.20. The Balaban J connectivity index is 2.59. The number of aromatic amines is 1. The molecule has 1 aromatic heterocycles. The highest BCUT2D eigenvalue weighted by atomic mass is 31.1. The molecule has 0 aliphatic heterocycles. The van der Waals surface area contributed by atoms with Gasteiger partial charge in [-0.05, 0) is 13.8 Å². The van der Waals surface area contributed by atoms with Crippen LogP contribution in [0.25, 0.3) is 0 Å². The molecule has 1 N–H and O–H groups in total. The molecule has 4 nitrogen and oxygen atoms in total. The van der Waals surface area contributed by atoms with Crippen LogP contribution in [0.2, 0.25) is 0 Å². The fraction of sp³-hybridized carbons (Fsp3) is 1.00. The van der Waals surface area contributed by atoms with Crippen LogP contribution in [0.15, 0.2) is 0 Å². The maximum absolute atomic E-state index is 5.39. The third kappa shape index (κ3) is 2.90. The average molecular weight is 197 g/mol. The van der Waals surface area contributed by atoms with E-state index in [1.807, 2.05) is 18.1 Å². The molecule has 1 heterocycles. The molecule has 0 spiro atoms. The summed E-state index contributed by atoms with van der Waals surface area (Å²) >= 11 is 0. The van der Waals surface area contributed by atoms with Crippen molar-refractivity contribution in [2.75, 3.05) is 0 Å². The Hall–Kier alpha value is 0.260. The van der Waals surface area contributed by atoms with Crippen LogP contribution in [0.4, 0.5) is 0 Å². The molecule has 0 bridgehead atoms. The molecule has 0 fully saturated rings. The lowest BCUT2D eigenvalue weighted by molar-refractivity contribution is 0.1000. The maximum atomic E-state index is 5.39. The van der Waals surface area contributed by atoms with E-state index in [4.69, 9.17) is 4.84 Å². The summed E-state index contributed by atoms with van der Waals surface area (Å²) in [7, 11) is 2.00. The van der Waals surface area contributed by atoms with Crippen LogP contribution in [0.3, 0.4) is 0 Å². The van der Waals surface area contributed by atoms with Gasteiger partial charge in [0.25, 0.3) is 0 Å². The van der Waals surface area contributed by atoms with Crippen LogP contribution < -0.4 is 4.84 Å². The summed E-state index contributed by atoms with van der Waals surface area (Å²) in [5, 5.41) is 0. The SMILES string of the molecule is CC(C)On1[pH]np[nH][pH]1. The molecular formula is C3H10N3OP3. The van der Waals surface area contributed by atoms with Crippen LogP contribution in [0, 0.1) is 0 Å². The van der Waals surface area contributed by atoms with Gasteiger partial charge in [0, 0.05) is 8.51 Å². The van der Waals surface area contributed by atoms with Crippen molar-refractivity contribution in [3.8, 4) is 0 Å². The van der Waals surface area contributed by atoms with E-state index >= 15 is 0 Å². The molecule has 0 radical (unpaired) electrons. The summed E-state index contributed by atoms with van der Waals surface area (Å²) in [6.07, 6.45) is 0.256. The smallest absolute Gasteiger partial charge is 0.138 e. The molecule has 58 valence electrons. The number of H-pyrrole nitrogens is 1. The first kappa shape index (κ1) is 8.36. The highest BCUT2D eigenvalue weighted by molar-refractivity contribution is 7.44.